The molecule has 3 amide bonds. The van der Waals surface area contributed by atoms with E-state index in [-0.39, 0.29) is 30.7 Å². The van der Waals surface area contributed by atoms with Crippen molar-refractivity contribution in [2.24, 2.45) is 0 Å². The molecule has 6 rings (SSSR count). The summed E-state index contributed by atoms with van der Waals surface area (Å²) in [6.07, 6.45) is 2.32. The number of nitrogens with zero attached hydrogens (tertiary/aromatic N) is 2. The predicted molar refractivity (Wildman–Crippen MR) is 153 cm³/mol. The second-order valence-corrected chi connectivity index (χ2v) is 10.3. The average Bonchev–Trinajstić information content (AvgIpc) is 3.59. The van der Waals surface area contributed by atoms with Crippen LogP contribution in [0.3, 0.4) is 0 Å². The maximum atomic E-state index is 14.3. The lowest BCUT2D eigenvalue weighted by molar-refractivity contribution is -0.143. The van der Waals surface area contributed by atoms with Gasteiger partial charge in [0.2, 0.25) is 11.8 Å². The van der Waals surface area contributed by atoms with E-state index in [9.17, 15) is 14.4 Å². The molecule has 3 heterocycles. The minimum absolute atomic E-state index is 0.238. The first-order chi connectivity index (χ1) is 19.4. The number of nitrogens with one attached hydrogen (secondary N) is 4. The first-order valence-electron chi connectivity index (χ1n) is 13.3. The third-order valence-electron chi connectivity index (χ3n) is 7.66. The summed E-state index contributed by atoms with van der Waals surface area (Å²) >= 11 is 0. The molecule has 0 saturated carbocycles. The summed E-state index contributed by atoms with van der Waals surface area (Å²) in [6, 6.07) is 19.5. The monoisotopic (exact) mass is 534 g/mol. The number of aromatic amines is 2. The maximum Gasteiger partial charge on any atom is 0.251 e. The van der Waals surface area contributed by atoms with Gasteiger partial charge in [-0.15, -0.1) is 0 Å². The Morgan fingerprint density at radius 1 is 1.05 bits per heavy atom. The van der Waals surface area contributed by atoms with Crippen molar-refractivity contribution in [1.29, 1.82) is 0 Å². The molecule has 2 atom stereocenters. The lowest BCUT2D eigenvalue weighted by atomic mass is 9.94. The van der Waals surface area contributed by atoms with Crippen molar-refractivity contribution in [1.82, 2.24) is 30.7 Å². The zero-order chi connectivity index (χ0) is 27.8. The first kappa shape index (κ1) is 25.4. The number of carbonyl (C=O) groups is 3. The number of benzene rings is 3. The van der Waals surface area contributed by atoms with Gasteiger partial charge in [0.1, 0.15) is 12.1 Å². The zero-order valence-corrected chi connectivity index (χ0v) is 22.3. The van der Waals surface area contributed by atoms with Crippen molar-refractivity contribution in [3.8, 4) is 0 Å². The summed E-state index contributed by atoms with van der Waals surface area (Å²) in [5.41, 5.74) is 6.14. The van der Waals surface area contributed by atoms with Crippen LogP contribution in [0.4, 0.5) is 0 Å². The van der Waals surface area contributed by atoms with Gasteiger partial charge in [0.25, 0.3) is 5.91 Å². The van der Waals surface area contributed by atoms with E-state index in [1.165, 1.54) is 0 Å². The molecule has 0 radical (unpaired) electrons. The van der Waals surface area contributed by atoms with Crippen LogP contribution in [0.15, 0.2) is 72.9 Å². The smallest absolute Gasteiger partial charge is 0.251 e. The summed E-state index contributed by atoms with van der Waals surface area (Å²) < 4.78 is 0. The molecule has 40 heavy (non-hydrogen) atoms. The molecular weight excluding hydrogens is 504 g/mol. The molecule has 4 N–H and O–H groups in total. The Morgan fingerprint density at radius 2 is 1.90 bits per heavy atom. The van der Waals surface area contributed by atoms with Crippen LogP contribution in [0.2, 0.25) is 0 Å². The molecule has 0 unspecified atom stereocenters. The molecule has 2 aromatic heterocycles. The quantitative estimate of drug-likeness (QED) is 0.267. The summed E-state index contributed by atoms with van der Waals surface area (Å²) in [5.74, 6) is -0.915. The molecule has 1 aliphatic heterocycles. The van der Waals surface area contributed by atoms with Gasteiger partial charge in [-0.1, -0.05) is 48.0 Å². The molecule has 0 spiro atoms. The van der Waals surface area contributed by atoms with E-state index in [4.69, 9.17) is 0 Å². The van der Waals surface area contributed by atoms with Crippen LogP contribution >= 0.6 is 0 Å². The molecule has 3 aromatic carbocycles. The largest absolute Gasteiger partial charge is 0.357 e. The van der Waals surface area contributed by atoms with E-state index < -0.39 is 12.1 Å². The normalized spacial score (nSPS) is 15.6. The number of rotatable bonds is 6. The van der Waals surface area contributed by atoms with Crippen molar-refractivity contribution in [2.45, 2.75) is 38.4 Å². The highest BCUT2D eigenvalue weighted by atomic mass is 16.2. The molecule has 9 heteroatoms. The lowest BCUT2D eigenvalue weighted by Gasteiger charge is -2.37. The summed E-state index contributed by atoms with van der Waals surface area (Å²) in [5, 5.41) is 14.5. The number of amides is 3. The number of fused-ring (bicyclic) bond motifs is 4. The number of carbonyl (C=O) groups excluding carboxylic acids is 3. The second kappa shape index (κ2) is 10.3. The van der Waals surface area contributed by atoms with Crippen molar-refractivity contribution in [3.05, 3.63) is 101 Å². The van der Waals surface area contributed by atoms with Gasteiger partial charge in [0.05, 0.1) is 18.3 Å². The van der Waals surface area contributed by atoms with Gasteiger partial charge in [-0.2, -0.15) is 5.10 Å². The average molecular weight is 535 g/mol. The Bertz CT molecular complexity index is 1750. The van der Waals surface area contributed by atoms with Gasteiger partial charge in [-0.3, -0.25) is 19.5 Å². The topological polar surface area (TPSA) is 123 Å². The summed E-state index contributed by atoms with van der Waals surface area (Å²) in [6.45, 7) is 2.23. The molecule has 9 nitrogen and oxygen atoms in total. The van der Waals surface area contributed by atoms with E-state index in [0.29, 0.717) is 12.0 Å². The lowest BCUT2D eigenvalue weighted by Crippen LogP contribution is -2.57. The van der Waals surface area contributed by atoms with Gasteiger partial charge in [-0.25, -0.2) is 0 Å². The first-order valence-corrected chi connectivity index (χ1v) is 13.3. The zero-order valence-electron chi connectivity index (χ0n) is 22.3. The van der Waals surface area contributed by atoms with Crippen LogP contribution in [-0.2, 0) is 29.0 Å². The number of hydrogen-bond donors (Lipinski definition) is 4. The molecule has 0 bridgehead atoms. The maximum absolute atomic E-state index is 14.3. The second-order valence-electron chi connectivity index (χ2n) is 10.3. The van der Waals surface area contributed by atoms with Gasteiger partial charge in [0, 0.05) is 47.4 Å². The van der Waals surface area contributed by atoms with Crippen molar-refractivity contribution >= 4 is 39.5 Å². The van der Waals surface area contributed by atoms with E-state index in [2.05, 4.69) is 25.8 Å². The van der Waals surface area contributed by atoms with E-state index in [1.54, 1.807) is 36.3 Å². The number of aryl methyl sites for hydroxylation is 1. The summed E-state index contributed by atoms with van der Waals surface area (Å²) in [4.78, 5) is 45.9. The van der Waals surface area contributed by atoms with Crippen molar-refractivity contribution in [3.63, 3.8) is 0 Å². The standard InChI is InChI=1S/C31H30N6O3/c1-18-6-5-7-19(12-18)13-26(35-29(38)20-10-11-24-21(14-20)16-33-36-24)31(40)37-17-27-23(15-28(37)30(39)32-2)22-8-3-4-9-25(22)34-27/h3-12,14,16,26,28,34H,13,15,17H2,1-2H3,(H,32,39)(H,33,36)(H,35,38)/t26-,28-/m1/s1. The number of aromatic nitrogens is 3. The Kier molecular flexibility index (Phi) is 6.55. The van der Waals surface area contributed by atoms with Gasteiger partial charge >= 0.3 is 0 Å². The molecule has 0 saturated heterocycles. The third-order valence-corrected chi connectivity index (χ3v) is 7.66. The molecule has 0 fully saturated rings. The van der Waals surface area contributed by atoms with Crippen LogP contribution < -0.4 is 10.6 Å². The number of hydrogen-bond acceptors (Lipinski definition) is 4. The summed E-state index contributed by atoms with van der Waals surface area (Å²) in [7, 11) is 1.58. The minimum atomic E-state index is -0.882. The van der Waals surface area contributed by atoms with Crippen LogP contribution in [0, 0.1) is 6.92 Å². The Morgan fingerprint density at radius 3 is 2.73 bits per heavy atom. The number of likely N-dealkylation sites (N-methyl/N-ethyl adjacent to an activating group) is 1. The van der Waals surface area contributed by atoms with Gasteiger partial charge in [0.15, 0.2) is 0 Å². The highest BCUT2D eigenvalue weighted by Crippen LogP contribution is 2.31. The fraction of sp³-hybridized carbons (Fsp3) is 0.226. The molecule has 1 aliphatic rings. The van der Waals surface area contributed by atoms with Crippen molar-refractivity contribution in [2.75, 3.05) is 7.05 Å². The highest BCUT2D eigenvalue weighted by molar-refractivity contribution is 6.01. The molecular formula is C31H30N6O3. The molecule has 202 valence electrons. The van der Waals surface area contributed by atoms with Crippen molar-refractivity contribution < 1.29 is 14.4 Å². The van der Waals surface area contributed by atoms with Crippen LogP contribution in [0.1, 0.15) is 32.7 Å². The Hall–Kier alpha value is -4.92. The third kappa shape index (κ3) is 4.70. The Labute approximate surface area is 231 Å². The van der Waals surface area contributed by atoms with E-state index in [0.717, 1.165) is 44.2 Å². The van der Waals surface area contributed by atoms with Gasteiger partial charge < -0.3 is 20.5 Å². The van der Waals surface area contributed by atoms with E-state index >= 15 is 0 Å². The fourth-order valence-electron chi connectivity index (χ4n) is 5.64. The van der Waals surface area contributed by atoms with Gasteiger partial charge in [-0.05, 0) is 42.3 Å². The van der Waals surface area contributed by atoms with Crippen LogP contribution in [0.5, 0.6) is 0 Å². The highest BCUT2D eigenvalue weighted by Gasteiger charge is 2.39. The van der Waals surface area contributed by atoms with E-state index in [1.807, 2.05) is 55.5 Å². The molecule has 0 aliphatic carbocycles. The SMILES string of the molecule is CNC(=O)[C@H]1Cc2c([nH]c3ccccc23)CN1C(=O)[C@@H](Cc1cccc(C)c1)NC(=O)c1ccc2[nH]ncc2c1. The van der Waals surface area contributed by atoms with Crippen LogP contribution in [0.25, 0.3) is 21.8 Å². The molecule has 5 aromatic rings. The van der Waals surface area contributed by atoms with Crippen LogP contribution in [-0.4, -0.2) is 56.9 Å². The minimum Gasteiger partial charge on any atom is -0.357 e. The fourth-order valence-corrected chi connectivity index (χ4v) is 5.64. The number of H-pyrrole nitrogens is 2. The Balaban J connectivity index is 1.35. The number of para-hydroxylation sites is 1. The predicted octanol–water partition coefficient (Wildman–Crippen LogP) is 3.39.